The van der Waals surface area contributed by atoms with Crippen LogP contribution in [0.5, 0.6) is 0 Å². The summed E-state index contributed by atoms with van der Waals surface area (Å²) in [4.78, 5) is 4.43. The Morgan fingerprint density at radius 2 is 2.16 bits per heavy atom. The lowest BCUT2D eigenvalue weighted by molar-refractivity contribution is 0.102. The van der Waals surface area contributed by atoms with Gasteiger partial charge in [0, 0.05) is 23.2 Å². The fraction of sp³-hybridized carbons (Fsp3) is 0.438. The standard InChI is InChI=1S/C16H20N2O/c1-11-7-9-17-14(10-11)16(19)13-6-2-4-12-5-3-8-18-15(12)13/h2-6,8,11,14,16-17,19H,7,9-10H2,1H3. The molecule has 3 atom stereocenters. The van der Waals surface area contributed by atoms with Crippen LogP contribution in [0, 0.1) is 5.92 Å². The molecule has 1 saturated heterocycles. The van der Waals surface area contributed by atoms with Crippen molar-refractivity contribution in [2.24, 2.45) is 5.92 Å². The Bertz CT molecular complexity index is 564. The molecule has 1 aliphatic rings. The molecule has 2 N–H and O–H groups in total. The van der Waals surface area contributed by atoms with Crippen molar-refractivity contribution in [3.05, 3.63) is 42.1 Å². The summed E-state index contributed by atoms with van der Waals surface area (Å²) in [6, 6.07) is 10.1. The Labute approximate surface area is 113 Å². The van der Waals surface area contributed by atoms with Crippen LogP contribution >= 0.6 is 0 Å². The first kappa shape index (κ1) is 12.6. The minimum Gasteiger partial charge on any atom is -0.387 e. The van der Waals surface area contributed by atoms with E-state index in [1.54, 1.807) is 6.20 Å². The number of para-hydroxylation sites is 1. The normalized spacial score (nSPS) is 25.4. The van der Waals surface area contributed by atoms with Crippen molar-refractivity contribution in [1.82, 2.24) is 10.3 Å². The van der Waals surface area contributed by atoms with Crippen molar-refractivity contribution in [3.63, 3.8) is 0 Å². The minimum atomic E-state index is -0.485. The zero-order chi connectivity index (χ0) is 13.2. The number of nitrogens with one attached hydrogen (secondary N) is 1. The van der Waals surface area contributed by atoms with Gasteiger partial charge in [-0.2, -0.15) is 0 Å². The molecule has 1 fully saturated rings. The highest BCUT2D eigenvalue weighted by Gasteiger charge is 2.27. The van der Waals surface area contributed by atoms with E-state index in [1.165, 1.54) is 6.42 Å². The highest BCUT2D eigenvalue weighted by Crippen LogP contribution is 2.29. The molecule has 0 spiro atoms. The first-order valence-corrected chi connectivity index (χ1v) is 7.01. The molecular weight excluding hydrogens is 236 g/mol. The largest absolute Gasteiger partial charge is 0.387 e. The van der Waals surface area contributed by atoms with Gasteiger partial charge in [0.05, 0.1) is 11.6 Å². The highest BCUT2D eigenvalue weighted by atomic mass is 16.3. The van der Waals surface area contributed by atoms with Gasteiger partial charge in [0.25, 0.3) is 0 Å². The van der Waals surface area contributed by atoms with Crippen LogP contribution in [0.3, 0.4) is 0 Å². The highest BCUT2D eigenvalue weighted by molar-refractivity contribution is 5.81. The predicted molar refractivity (Wildman–Crippen MR) is 76.9 cm³/mol. The minimum absolute atomic E-state index is 0.136. The van der Waals surface area contributed by atoms with E-state index in [-0.39, 0.29) is 6.04 Å². The summed E-state index contributed by atoms with van der Waals surface area (Å²) < 4.78 is 0. The second-order valence-electron chi connectivity index (χ2n) is 5.56. The SMILES string of the molecule is CC1CCNC(C(O)c2cccc3cccnc23)C1. The first-order chi connectivity index (χ1) is 9.25. The van der Waals surface area contributed by atoms with Crippen LogP contribution in [0.1, 0.15) is 31.4 Å². The molecular formula is C16H20N2O. The van der Waals surface area contributed by atoms with Crippen LogP contribution in [0.4, 0.5) is 0 Å². The fourth-order valence-electron chi connectivity index (χ4n) is 2.97. The van der Waals surface area contributed by atoms with Gasteiger partial charge in [-0.15, -0.1) is 0 Å². The maximum atomic E-state index is 10.7. The molecule has 2 aromatic rings. The van der Waals surface area contributed by atoms with Crippen LogP contribution in [0.15, 0.2) is 36.5 Å². The number of nitrogens with zero attached hydrogens (tertiary/aromatic N) is 1. The van der Waals surface area contributed by atoms with Gasteiger partial charge in [-0.1, -0.05) is 31.2 Å². The monoisotopic (exact) mass is 256 g/mol. The van der Waals surface area contributed by atoms with E-state index in [1.807, 2.05) is 30.3 Å². The number of benzene rings is 1. The van der Waals surface area contributed by atoms with Crippen molar-refractivity contribution in [2.45, 2.75) is 31.9 Å². The molecule has 0 radical (unpaired) electrons. The molecule has 0 bridgehead atoms. The van der Waals surface area contributed by atoms with Crippen molar-refractivity contribution in [1.29, 1.82) is 0 Å². The van der Waals surface area contributed by atoms with Gasteiger partial charge in [0.2, 0.25) is 0 Å². The summed E-state index contributed by atoms with van der Waals surface area (Å²) in [5.41, 5.74) is 1.85. The van der Waals surface area contributed by atoms with E-state index in [0.29, 0.717) is 5.92 Å². The molecule has 3 unspecified atom stereocenters. The van der Waals surface area contributed by atoms with E-state index in [4.69, 9.17) is 0 Å². The Morgan fingerprint density at radius 3 is 3.00 bits per heavy atom. The lowest BCUT2D eigenvalue weighted by Crippen LogP contribution is -2.41. The summed E-state index contributed by atoms with van der Waals surface area (Å²) in [6.45, 7) is 3.24. The Balaban J connectivity index is 1.95. The molecule has 1 aromatic carbocycles. The van der Waals surface area contributed by atoms with E-state index < -0.39 is 6.10 Å². The molecule has 0 amide bonds. The van der Waals surface area contributed by atoms with E-state index in [0.717, 1.165) is 29.4 Å². The quantitative estimate of drug-likeness (QED) is 0.868. The molecule has 1 aliphatic heterocycles. The second kappa shape index (κ2) is 5.27. The van der Waals surface area contributed by atoms with Crippen LogP contribution in [0.25, 0.3) is 10.9 Å². The smallest absolute Gasteiger partial charge is 0.0964 e. The van der Waals surface area contributed by atoms with Crippen molar-refractivity contribution in [2.75, 3.05) is 6.54 Å². The summed E-state index contributed by atoms with van der Waals surface area (Å²) in [5, 5.41) is 15.2. The second-order valence-corrected chi connectivity index (χ2v) is 5.56. The average Bonchev–Trinajstić information content (AvgIpc) is 2.46. The van der Waals surface area contributed by atoms with Gasteiger partial charge in [0.1, 0.15) is 0 Å². The average molecular weight is 256 g/mol. The van der Waals surface area contributed by atoms with Crippen LogP contribution in [0.2, 0.25) is 0 Å². The number of piperidine rings is 1. The molecule has 3 nitrogen and oxygen atoms in total. The Morgan fingerprint density at radius 1 is 1.32 bits per heavy atom. The van der Waals surface area contributed by atoms with Crippen molar-refractivity contribution >= 4 is 10.9 Å². The summed E-state index contributed by atoms with van der Waals surface area (Å²) in [5.74, 6) is 0.670. The number of aromatic nitrogens is 1. The van der Waals surface area contributed by atoms with Gasteiger partial charge >= 0.3 is 0 Å². The molecule has 2 heterocycles. The molecule has 19 heavy (non-hydrogen) atoms. The van der Waals surface area contributed by atoms with E-state index >= 15 is 0 Å². The molecule has 100 valence electrons. The predicted octanol–water partition coefficient (Wildman–Crippen LogP) is 2.66. The number of aliphatic hydroxyl groups excluding tert-OH is 1. The van der Waals surface area contributed by atoms with Crippen LogP contribution < -0.4 is 5.32 Å². The fourth-order valence-corrected chi connectivity index (χ4v) is 2.97. The third-order valence-corrected chi connectivity index (χ3v) is 4.06. The number of pyridine rings is 1. The van der Waals surface area contributed by atoms with Crippen LogP contribution in [-0.4, -0.2) is 22.7 Å². The topological polar surface area (TPSA) is 45.1 Å². The summed E-state index contributed by atoms with van der Waals surface area (Å²) >= 11 is 0. The van der Waals surface area contributed by atoms with Crippen molar-refractivity contribution in [3.8, 4) is 0 Å². The molecule has 3 rings (SSSR count). The Kier molecular flexibility index (Phi) is 3.49. The van der Waals surface area contributed by atoms with Gasteiger partial charge in [-0.25, -0.2) is 0 Å². The maximum absolute atomic E-state index is 10.7. The van der Waals surface area contributed by atoms with Gasteiger partial charge in [-0.05, 0) is 31.4 Å². The third-order valence-electron chi connectivity index (χ3n) is 4.06. The van der Waals surface area contributed by atoms with Gasteiger partial charge in [-0.3, -0.25) is 4.98 Å². The first-order valence-electron chi connectivity index (χ1n) is 7.01. The van der Waals surface area contributed by atoms with Gasteiger partial charge in [0.15, 0.2) is 0 Å². The third kappa shape index (κ3) is 2.48. The number of hydrogen-bond acceptors (Lipinski definition) is 3. The summed E-state index contributed by atoms with van der Waals surface area (Å²) in [6.07, 6.45) is 3.51. The summed E-state index contributed by atoms with van der Waals surface area (Å²) in [7, 11) is 0. The number of aliphatic hydroxyl groups is 1. The van der Waals surface area contributed by atoms with Gasteiger partial charge < -0.3 is 10.4 Å². The molecule has 1 aromatic heterocycles. The van der Waals surface area contributed by atoms with Crippen LogP contribution in [-0.2, 0) is 0 Å². The number of rotatable bonds is 2. The lowest BCUT2D eigenvalue weighted by Gasteiger charge is -2.32. The van der Waals surface area contributed by atoms with E-state index in [2.05, 4.69) is 17.2 Å². The Hall–Kier alpha value is -1.45. The molecule has 0 aliphatic carbocycles. The zero-order valence-corrected chi connectivity index (χ0v) is 11.2. The number of hydrogen-bond donors (Lipinski definition) is 2. The molecule has 3 heteroatoms. The molecule has 0 saturated carbocycles. The lowest BCUT2D eigenvalue weighted by atomic mass is 9.88. The number of fused-ring (bicyclic) bond motifs is 1. The van der Waals surface area contributed by atoms with E-state index in [9.17, 15) is 5.11 Å². The maximum Gasteiger partial charge on any atom is 0.0964 e. The van der Waals surface area contributed by atoms with Crippen molar-refractivity contribution < 1.29 is 5.11 Å². The zero-order valence-electron chi connectivity index (χ0n) is 11.2.